The SMILES string of the molecule is C#CCCC(O)CC(C)(C)OC. The van der Waals surface area contributed by atoms with E-state index >= 15 is 0 Å². The van der Waals surface area contributed by atoms with E-state index in [9.17, 15) is 5.11 Å². The van der Waals surface area contributed by atoms with Crippen LogP contribution in [0.2, 0.25) is 0 Å². The summed E-state index contributed by atoms with van der Waals surface area (Å²) in [7, 11) is 1.65. The van der Waals surface area contributed by atoms with Crippen molar-refractivity contribution in [2.24, 2.45) is 0 Å². The average molecular weight is 170 g/mol. The van der Waals surface area contributed by atoms with Crippen LogP contribution in [-0.2, 0) is 4.74 Å². The monoisotopic (exact) mass is 170 g/mol. The van der Waals surface area contributed by atoms with Crippen molar-refractivity contribution >= 4 is 0 Å². The molecular weight excluding hydrogens is 152 g/mol. The smallest absolute Gasteiger partial charge is 0.0647 e. The first-order valence-corrected chi connectivity index (χ1v) is 4.18. The van der Waals surface area contributed by atoms with Crippen LogP contribution in [-0.4, -0.2) is 23.9 Å². The van der Waals surface area contributed by atoms with E-state index in [1.54, 1.807) is 7.11 Å². The predicted octanol–water partition coefficient (Wildman–Crippen LogP) is 1.58. The van der Waals surface area contributed by atoms with Gasteiger partial charge in [-0.25, -0.2) is 0 Å². The highest BCUT2D eigenvalue weighted by Crippen LogP contribution is 2.17. The lowest BCUT2D eigenvalue weighted by Gasteiger charge is -2.25. The summed E-state index contributed by atoms with van der Waals surface area (Å²) < 4.78 is 5.18. The predicted molar refractivity (Wildman–Crippen MR) is 49.8 cm³/mol. The van der Waals surface area contributed by atoms with Crippen LogP contribution < -0.4 is 0 Å². The molecule has 2 heteroatoms. The molecule has 12 heavy (non-hydrogen) atoms. The first-order valence-electron chi connectivity index (χ1n) is 4.18. The second-order valence-electron chi connectivity index (χ2n) is 3.56. The van der Waals surface area contributed by atoms with E-state index in [0.29, 0.717) is 19.3 Å². The molecule has 0 aromatic heterocycles. The Labute approximate surface area is 74.9 Å². The molecule has 1 atom stereocenters. The molecule has 0 spiro atoms. The Morgan fingerprint density at radius 3 is 2.58 bits per heavy atom. The minimum Gasteiger partial charge on any atom is -0.393 e. The van der Waals surface area contributed by atoms with E-state index in [2.05, 4.69) is 5.92 Å². The van der Waals surface area contributed by atoms with Gasteiger partial charge in [0.2, 0.25) is 0 Å². The van der Waals surface area contributed by atoms with Crippen LogP contribution in [0.15, 0.2) is 0 Å². The molecule has 0 saturated heterocycles. The van der Waals surface area contributed by atoms with Crippen LogP contribution in [0, 0.1) is 12.3 Å². The summed E-state index contributed by atoms with van der Waals surface area (Å²) in [6.45, 7) is 3.90. The maximum absolute atomic E-state index is 9.47. The van der Waals surface area contributed by atoms with Crippen LogP contribution >= 0.6 is 0 Å². The third kappa shape index (κ3) is 5.17. The molecule has 2 nitrogen and oxygen atoms in total. The van der Waals surface area contributed by atoms with Crippen LogP contribution in [0.1, 0.15) is 33.1 Å². The van der Waals surface area contributed by atoms with Crippen molar-refractivity contribution in [2.75, 3.05) is 7.11 Å². The molecule has 1 unspecified atom stereocenters. The molecule has 0 aromatic carbocycles. The Morgan fingerprint density at radius 1 is 1.58 bits per heavy atom. The van der Waals surface area contributed by atoms with Crippen LogP contribution in [0.25, 0.3) is 0 Å². The van der Waals surface area contributed by atoms with E-state index in [-0.39, 0.29) is 11.7 Å². The van der Waals surface area contributed by atoms with Crippen LogP contribution in [0.3, 0.4) is 0 Å². The van der Waals surface area contributed by atoms with Gasteiger partial charge in [-0.3, -0.25) is 0 Å². The molecule has 0 aliphatic carbocycles. The fourth-order valence-corrected chi connectivity index (χ4v) is 1.00. The lowest BCUT2D eigenvalue weighted by molar-refractivity contribution is -0.0206. The van der Waals surface area contributed by atoms with Gasteiger partial charge in [0.05, 0.1) is 11.7 Å². The van der Waals surface area contributed by atoms with Crippen molar-refractivity contribution in [2.45, 2.75) is 44.8 Å². The molecule has 0 fully saturated rings. The minimum absolute atomic E-state index is 0.256. The molecule has 70 valence electrons. The number of hydrogen-bond acceptors (Lipinski definition) is 2. The van der Waals surface area contributed by atoms with Crippen LogP contribution in [0.4, 0.5) is 0 Å². The molecule has 0 aliphatic heterocycles. The summed E-state index contributed by atoms with van der Waals surface area (Å²) in [5, 5.41) is 9.47. The van der Waals surface area contributed by atoms with Gasteiger partial charge in [0.15, 0.2) is 0 Å². The van der Waals surface area contributed by atoms with E-state index in [0.717, 1.165) is 0 Å². The number of ether oxygens (including phenoxy) is 1. The van der Waals surface area contributed by atoms with Gasteiger partial charge in [0, 0.05) is 20.0 Å². The van der Waals surface area contributed by atoms with Crippen molar-refractivity contribution in [1.82, 2.24) is 0 Å². The average Bonchev–Trinajstić information content (AvgIpc) is 2.00. The molecule has 0 radical (unpaired) electrons. The summed E-state index contributed by atoms with van der Waals surface area (Å²) in [6.07, 6.45) is 6.64. The van der Waals surface area contributed by atoms with E-state index in [1.165, 1.54) is 0 Å². The fraction of sp³-hybridized carbons (Fsp3) is 0.800. The van der Waals surface area contributed by atoms with Gasteiger partial charge in [-0.05, 0) is 20.3 Å². The highest BCUT2D eigenvalue weighted by atomic mass is 16.5. The lowest BCUT2D eigenvalue weighted by atomic mass is 9.98. The maximum atomic E-state index is 9.47. The lowest BCUT2D eigenvalue weighted by Crippen LogP contribution is -2.28. The number of aliphatic hydroxyl groups excluding tert-OH is 1. The second kappa shape index (κ2) is 5.18. The Kier molecular flexibility index (Phi) is 4.96. The van der Waals surface area contributed by atoms with Crippen molar-refractivity contribution < 1.29 is 9.84 Å². The van der Waals surface area contributed by atoms with E-state index in [1.807, 2.05) is 13.8 Å². The van der Waals surface area contributed by atoms with Crippen molar-refractivity contribution in [3.8, 4) is 12.3 Å². The Bertz CT molecular complexity index is 156. The van der Waals surface area contributed by atoms with E-state index in [4.69, 9.17) is 11.2 Å². The van der Waals surface area contributed by atoms with Crippen molar-refractivity contribution in [1.29, 1.82) is 0 Å². The highest BCUT2D eigenvalue weighted by molar-refractivity contribution is 4.85. The topological polar surface area (TPSA) is 29.5 Å². The molecule has 0 aromatic rings. The number of terminal acetylenes is 1. The first kappa shape index (κ1) is 11.5. The van der Waals surface area contributed by atoms with Gasteiger partial charge in [0.1, 0.15) is 0 Å². The van der Waals surface area contributed by atoms with Gasteiger partial charge in [-0.15, -0.1) is 12.3 Å². The Hall–Kier alpha value is -0.520. The molecule has 0 aliphatic rings. The molecule has 0 bridgehead atoms. The summed E-state index contributed by atoms with van der Waals surface area (Å²) in [6, 6.07) is 0. The Balaban J connectivity index is 3.69. The minimum atomic E-state index is -0.351. The van der Waals surface area contributed by atoms with Gasteiger partial charge >= 0.3 is 0 Å². The van der Waals surface area contributed by atoms with Gasteiger partial charge in [-0.2, -0.15) is 0 Å². The number of rotatable bonds is 5. The number of hydrogen-bond donors (Lipinski definition) is 1. The standard InChI is InChI=1S/C10H18O2/c1-5-6-7-9(11)8-10(2,3)12-4/h1,9,11H,6-8H2,2-4H3. The summed E-state index contributed by atoms with van der Waals surface area (Å²) >= 11 is 0. The molecule has 1 N–H and O–H groups in total. The van der Waals surface area contributed by atoms with Gasteiger partial charge in [-0.1, -0.05) is 0 Å². The molecule has 0 rings (SSSR count). The zero-order chi connectivity index (χ0) is 9.61. The molecule has 0 saturated carbocycles. The first-order chi connectivity index (χ1) is 5.52. The maximum Gasteiger partial charge on any atom is 0.0647 e. The number of methoxy groups -OCH3 is 1. The van der Waals surface area contributed by atoms with Crippen molar-refractivity contribution in [3.63, 3.8) is 0 Å². The Morgan fingerprint density at radius 2 is 2.17 bits per heavy atom. The summed E-state index contributed by atoms with van der Waals surface area (Å²) in [5.74, 6) is 2.50. The molecular formula is C10H18O2. The summed E-state index contributed by atoms with van der Waals surface area (Å²) in [4.78, 5) is 0. The zero-order valence-corrected chi connectivity index (χ0v) is 8.13. The van der Waals surface area contributed by atoms with Crippen molar-refractivity contribution in [3.05, 3.63) is 0 Å². The highest BCUT2D eigenvalue weighted by Gasteiger charge is 2.20. The van der Waals surface area contributed by atoms with Gasteiger partial charge in [0.25, 0.3) is 0 Å². The second-order valence-corrected chi connectivity index (χ2v) is 3.56. The largest absolute Gasteiger partial charge is 0.393 e. The fourth-order valence-electron chi connectivity index (χ4n) is 1.00. The zero-order valence-electron chi connectivity index (χ0n) is 8.13. The van der Waals surface area contributed by atoms with Gasteiger partial charge < -0.3 is 9.84 Å². The third-order valence-electron chi connectivity index (χ3n) is 1.90. The molecule has 0 heterocycles. The normalized spacial score (nSPS) is 13.9. The molecule has 0 amide bonds. The number of aliphatic hydroxyl groups is 1. The van der Waals surface area contributed by atoms with E-state index < -0.39 is 0 Å². The quantitative estimate of drug-likeness (QED) is 0.635. The van der Waals surface area contributed by atoms with Crippen LogP contribution in [0.5, 0.6) is 0 Å². The third-order valence-corrected chi connectivity index (χ3v) is 1.90. The summed E-state index contributed by atoms with van der Waals surface area (Å²) in [5.41, 5.74) is -0.256.